The molecule has 1 saturated carbocycles. The van der Waals surface area contributed by atoms with Gasteiger partial charge < -0.3 is 15.8 Å². The minimum atomic E-state index is 0.342. The first kappa shape index (κ1) is 22.1. The van der Waals surface area contributed by atoms with Crippen LogP contribution < -0.4 is 17.1 Å². The van der Waals surface area contributed by atoms with Gasteiger partial charge in [0, 0.05) is 17.2 Å². The molecule has 1 fully saturated rings. The van der Waals surface area contributed by atoms with E-state index in [4.69, 9.17) is 21.7 Å². The first-order valence-electron chi connectivity index (χ1n) is 12.1. The number of aromatic nitrogens is 6. The number of hydrazone groups is 1. The van der Waals surface area contributed by atoms with Crippen molar-refractivity contribution in [3.05, 3.63) is 66.5 Å². The first-order valence-corrected chi connectivity index (χ1v) is 12.1. The van der Waals surface area contributed by atoms with Crippen LogP contribution in [0.3, 0.4) is 0 Å². The van der Waals surface area contributed by atoms with Crippen molar-refractivity contribution in [2.24, 2.45) is 16.8 Å². The molecule has 0 unspecified atom stereocenters. The van der Waals surface area contributed by atoms with Crippen molar-refractivity contribution in [3.8, 4) is 22.9 Å². The molecule has 1 aliphatic rings. The summed E-state index contributed by atoms with van der Waals surface area (Å²) < 4.78 is 2.31. The van der Waals surface area contributed by atoms with Crippen molar-refractivity contribution in [2.75, 3.05) is 0 Å². The van der Waals surface area contributed by atoms with Gasteiger partial charge in [-0.15, -0.1) is 0 Å². The van der Waals surface area contributed by atoms with E-state index in [1.54, 1.807) is 12.4 Å². The van der Waals surface area contributed by atoms with Gasteiger partial charge in [-0.05, 0) is 31.0 Å². The molecule has 0 aliphatic heterocycles. The first-order chi connectivity index (χ1) is 17.7. The Kier molecular flexibility index (Phi) is 5.70. The monoisotopic (exact) mass is 478 g/mol. The van der Waals surface area contributed by atoms with Crippen LogP contribution in [-0.4, -0.2) is 35.3 Å². The van der Waals surface area contributed by atoms with E-state index in [0.717, 1.165) is 40.8 Å². The molecule has 1 aliphatic carbocycles. The molecule has 10 heteroatoms. The van der Waals surface area contributed by atoms with Crippen LogP contribution in [0.1, 0.15) is 43.7 Å². The van der Waals surface area contributed by atoms with Gasteiger partial charge in [0.25, 0.3) is 0 Å². The molecule has 36 heavy (non-hydrogen) atoms. The highest BCUT2D eigenvalue weighted by Gasteiger charge is 2.24. The Morgan fingerprint density at radius 1 is 0.917 bits per heavy atom. The lowest BCUT2D eigenvalue weighted by molar-refractivity contribution is 0.362. The Morgan fingerprint density at radius 3 is 2.53 bits per heavy atom. The van der Waals surface area contributed by atoms with Crippen LogP contribution in [-0.2, 0) is 0 Å². The van der Waals surface area contributed by atoms with E-state index in [0.29, 0.717) is 34.6 Å². The normalized spacial score (nSPS) is 15.0. The van der Waals surface area contributed by atoms with Crippen molar-refractivity contribution in [1.82, 2.24) is 34.9 Å². The molecule has 0 spiro atoms. The summed E-state index contributed by atoms with van der Waals surface area (Å²) in [5.74, 6) is 12.9. The number of rotatable bonds is 4. The van der Waals surface area contributed by atoms with Crippen LogP contribution in [0.15, 0.2) is 66.0 Å². The zero-order chi connectivity index (χ0) is 24.5. The van der Waals surface area contributed by atoms with E-state index in [9.17, 15) is 0 Å². The van der Waals surface area contributed by atoms with Gasteiger partial charge in [0.15, 0.2) is 23.1 Å². The number of fused-ring (bicyclic) bond motifs is 2. The molecule has 2 aromatic carbocycles. The van der Waals surface area contributed by atoms with Crippen LogP contribution in [0.4, 0.5) is 0 Å². The van der Waals surface area contributed by atoms with E-state index in [2.05, 4.69) is 30.0 Å². The fourth-order valence-corrected chi connectivity index (χ4v) is 4.99. The number of benzene rings is 2. The Bertz CT molecular complexity index is 1570. The highest BCUT2D eigenvalue weighted by Crippen LogP contribution is 2.36. The maximum absolute atomic E-state index is 5.59. The van der Waals surface area contributed by atoms with Crippen molar-refractivity contribution in [2.45, 2.75) is 38.1 Å². The molecule has 0 amide bonds. The van der Waals surface area contributed by atoms with Gasteiger partial charge in [-0.25, -0.2) is 30.8 Å². The number of hydrogen-bond donors (Lipinski definition) is 3. The Balaban J connectivity index is 1.48. The van der Waals surface area contributed by atoms with E-state index < -0.39 is 0 Å². The molecule has 0 saturated heterocycles. The SMILES string of the molecule is N/N=C(\NN)c1ccc2c(c1)nc(-c1cnc3nc(-c4ccccc4)ncc3n1)n2C1CCCCC1. The second-order valence-corrected chi connectivity index (χ2v) is 8.95. The highest BCUT2D eigenvalue weighted by molar-refractivity contribution is 6.01. The van der Waals surface area contributed by atoms with Crippen LogP contribution in [0, 0.1) is 0 Å². The summed E-state index contributed by atoms with van der Waals surface area (Å²) in [7, 11) is 0. The number of nitrogens with zero attached hydrogens (tertiary/aromatic N) is 7. The molecule has 3 aromatic heterocycles. The lowest BCUT2D eigenvalue weighted by Gasteiger charge is -2.25. The van der Waals surface area contributed by atoms with Gasteiger partial charge in [-0.3, -0.25) is 0 Å². The summed E-state index contributed by atoms with van der Waals surface area (Å²) in [6.07, 6.45) is 9.33. The molecule has 180 valence electrons. The maximum Gasteiger partial charge on any atom is 0.181 e. The van der Waals surface area contributed by atoms with Crippen molar-refractivity contribution >= 4 is 28.0 Å². The molecule has 0 atom stereocenters. The van der Waals surface area contributed by atoms with Gasteiger partial charge >= 0.3 is 0 Å². The lowest BCUT2D eigenvalue weighted by atomic mass is 9.95. The molecule has 6 rings (SSSR count). The molecule has 0 bridgehead atoms. The van der Waals surface area contributed by atoms with E-state index in [-0.39, 0.29) is 0 Å². The number of hydrazine groups is 1. The fraction of sp³-hybridized carbons (Fsp3) is 0.231. The fourth-order valence-electron chi connectivity index (χ4n) is 4.99. The minimum Gasteiger partial charge on any atom is -0.321 e. The summed E-state index contributed by atoms with van der Waals surface area (Å²) >= 11 is 0. The smallest absolute Gasteiger partial charge is 0.181 e. The quantitative estimate of drug-likeness (QED) is 0.153. The van der Waals surface area contributed by atoms with Gasteiger partial charge in [0.05, 0.1) is 23.4 Å². The van der Waals surface area contributed by atoms with Gasteiger partial charge in [-0.1, -0.05) is 49.6 Å². The van der Waals surface area contributed by atoms with Crippen LogP contribution in [0.2, 0.25) is 0 Å². The topological polar surface area (TPSA) is 146 Å². The maximum atomic E-state index is 5.59. The van der Waals surface area contributed by atoms with Gasteiger partial charge in [0.1, 0.15) is 11.2 Å². The molecule has 5 aromatic rings. The van der Waals surface area contributed by atoms with E-state index in [1.165, 1.54) is 19.3 Å². The molecule has 10 nitrogen and oxygen atoms in total. The zero-order valence-corrected chi connectivity index (χ0v) is 19.7. The lowest BCUT2D eigenvalue weighted by Crippen LogP contribution is -2.32. The average Bonchev–Trinajstić information content (AvgIpc) is 3.33. The minimum absolute atomic E-state index is 0.342. The standard InChI is InChI=1S/C26H26N10/c27-34-24(35-28)17-11-12-22-19(13-17)32-26(36(22)18-9-5-2-6-10-18)21-15-30-25-20(31-21)14-29-23(33-25)16-7-3-1-4-8-16/h1,3-4,7-8,11-15,18H,2,5-6,9-10,27-28H2,(H,34,35). The Morgan fingerprint density at radius 2 is 1.75 bits per heavy atom. The third-order valence-electron chi connectivity index (χ3n) is 6.73. The third-order valence-corrected chi connectivity index (χ3v) is 6.73. The highest BCUT2D eigenvalue weighted by atomic mass is 15.3. The summed E-state index contributed by atoms with van der Waals surface area (Å²) in [5, 5.41) is 3.73. The molecular formula is C26H26N10. The van der Waals surface area contributed by atoms with E-state index in [1.807, 2.05) is 48.5 Å². The summed E-state index contributed by atoms with van der Waals surface area (Å²) in [4.78, 5) is 23.7. The summed E-state index contributed by atoms with van der Waals surface area (Å²) in [6.45, 7) is 0. The van der Waals surface area contributed by atoms with Gasteiger partial charge in [-0.2, -0.15) is 5.10 Å². The predicted octanol–water partition coefficient (Wildman–Crippen LogP) is 3.69. The largest absolute Gasteiger partial charge is 0.321 e. The molecule has 5 N–H and O–H groups in total. The van der Waals surface area contributed by atoms with E-state index >= 15 is 0 Å². The molecule has 0 radical (unpaired) electrons. The van der Waals surface area contributed by atoms with Crippen molar-refractivity contribution in [3.63, 3.8) is 0 Å². The Labute approximate surface area is 207 Å². The average molecular weight is 479 g/mol. The zero-order valence-electron chi connectivity index (χ0n) is 19.7. The Hall–Kier alpha value is -4.44. The molecule has 3 heterocycles. The van der Waals surface area contributed by atoms with Crippen LogP contribution in [0.25, 0.3) is 45.1 Å². The van der Waals surface area contributed by atoms with Crippen molar-refractivity contribution < 1.29 is 0 Å². The summed E-state index contributed by atoms with van der Waals surface area (Å²) in [6, 6.07) is 16.1. The van der Waals surface area contributed by atoms with Crippen molar-refractivity contribution in [1.29, 1.82) is 0 Å². The van der Waals surface area contributed by atoms with Crippen LogP contribution >= 0.6 is 0 Å². The number of hydrogen-bond acceptors (Lipinski definition) is 8. The number of imidazole rings is 1. The van der Waals surface area contributed by atoms with Crippen LogP contribution in [0.5, 0.6) is 0 Å². The number of nitrogens with two attached hydrogens (primary N) is 2. The molecular weight excluding hydrogens is 452 g/mol. The number of nitrogens with one attached hydrogen (secondary N) is 1. The van der Waals surface area contributed by atoms with Gasteiger partial charge in [0.2, 0.25) is 0 Å². The third kappa shape index (κ3) is 3.91. The number of amidine groups is 1. The second kappa shape index (κ2) is 9.31. The predicted molar refractivity (Wildman–Crippen MR) is 139 cm³/mol. The second-order valence-electron chi connectivity index (χ2n) is 8.95. The summed E-state index contributed by atoms with van der Waals surface area (Å²) in [5.41, 5.74) is 7.96.